The Kier molecular flexibility index (Phi) is 2.93. The first-order valence-electron chi connectivity index (χ1n) is 10.9. The van der Waals surface area contributed by atoms with Crippen LogP contribution in [0.25, 0.3) is 44.2 Å². The molecule has 0 bridgehead atoms. The molecular weight excluding hydrogens is 344 g/mol. The van der Waals surface area contributed by atoms with Crippen molar-refractivity contribution < 1.29 is 13.1 Å². The molecule has 0 aliphatic carbocycles. The van der Waals surface area contributed by atoms with Gasteiger partial charge in [0, 0.05) is 31.9 Å². The van der Waals surface area contributed by atoms with Crippen LogP contribution in [0.4, 0.5) is 0 Å². The van der Waals surface area contributed by atoms with Gasteiger partial charge in [0.15, 0.2) is 11.8 Å². The van der Waals surface area contributed by atoms with E-state index in [0.29, 0.717) is 11.3 Å². The standard InChI is InChI=1S/C25H23N2O/c1-14-6-8-18-12-20-19-9-7-15(2)23(22-11-16(3)17(4)13-27(22)5)24(19)28-25(20)26-21(18)10-14/h6-13H,1-5H3/q+1/i4D3. The number of rotatable bonds is 1. The highest BCUT2D eigenvalue weighted by atomic mass is 16.3. The highest BCUT2D eigenvalue weighted by Gasteiger charge is 2.22. The van der Waals surface area contributed by atoms with Crippen molar-refractivity contribution in [3.8, 4) is 11.3 Å². The number of aryl methyl sites for hydroxylation is 5. The Morgan fingerprint density at radius 2 is 1.79 bits per heavy atom. The summed E-state index contributed by atoms with van der Waals surface area (Å²) in [6.07, 6.45) is 1.70. The van der Waals surface area contributed by atoms with Crippen LogP contribution in [-0.2, 0) is 7.05 Å². The minimum absolute atomic E-state index is 0.358. The molecule has 3 nitrogen and oxygen atoms in total. The normalized spacial score (nSPS) is 13.8. The number of fused-ring (bicyclic) bond motifs is 4. The zero-order valence-corrected chi connectivity index (χ0v) is 16.4. The molecule has 0 N–H and O–H groups in total. The summed E-state index contributed by atoms with van der Waals surface area (Å²) < 4.78 is 31.6. The predicted octanol–water partition coefficient (Wildman–Crippen LogP) is 5.86. The molecule has 0 saturated heterocycles. The van der Waals surface area contributed by atoms with Crippen molar-refractivity contribution in [2.45, 2.75) is 27.6 Å². The van der Waals surface area contributed by atoms with Gasteiger partial charge in [-0.25, -0.2) is 9.55 Å². The van der Waals surface area contributed by atoms with Crippen LogP contribution in [0, 0.1) is 27.6 Å². The van der Waals surface area contributed by atoms with Crippen molar-refractivity contribution in [3.63, 3.8) is 0 Å². The minimum Gasteiger partial charge on any atom is -0.437 e. The first kappa shape index (κ1) is 13.9. The molecule has 3 heteroatoms. The van der Waals surface area contributed by atoms with E-state index in [-0.39, 0.29) is 0 Å². The summed E-state index contributed by atoms with van der Waals surface area (Å²) in [5, 5.41) is 3.06. The zero-order chi connectivity index (χ0) is 22.1. The number of hydrogen-bond donors (Lipinski definition) is 0. The van der Waals surface area contributed by atoms with Crippen molar-refractivity contribution in [1.29, 1.82) is 0 Å². The molecule has 5 rings (SSSR count). The molecule has 0 atom stereocenters. The van der Waals surface area contributed by atoms with Crippen LogP contribution < -0.4 is 4.57 Å². The molecule has 0 saturated carbocycles. The fourth-order valence-corrected chi connectivity index (χ4v) is 3.94. The second kappa shape index (κ2) is 5.90. The van der Waals surface area contributed by atoms with Crippen molar-refractivity contribution in [2.75, 3.05) is 0 Å². The number of aromatic nitrogens is 2. The van der Waals surface area contributed by atoms with E-state index in [2.05, 4.69) is 43.3 Å². The van der Waals surface area contributed by atoms with Crippen LogP contribution in [0.15, 0.2) is 53.1 Å². The summed E-state index contributed by atoms with van der Waals surface area (Å²) in [5.41, 5.74) is 7.47. The molecule has 0 spiro atoms. The summed E-state index contributed by atoms with van der Waals surface area (Å²) in [4.78, 5) is 4.78. The second-order valence-electron chi connectivity index (χ2n) is 7.64. The fraction of sp³-hybridized carbons (Fsp3) is 0.200. The number of furan rings is 1. The lowest BCUT2D eigenvalue weighted by molar-refractivity contribution is -0.660. The fourth-order valence-electron chi connectivity index (χ4n) is 3.94. The van der Waals surface area contributed by atoms with Crippen LogP contribution in [0.5, 0.6) is 0 Å². The van der Waals surface area contributed by atoms with E-state index in [1.807, 2.05) is 31.5 Å². The summed E-state index contributed by atoms with van der Waals surface area (Å²) in [5.74, 6) is 0. The maximum absolute atomic E-state index is 7.81. The zero-order valence-electron chi connectivity index (χ0n) is 19.4. The molecule has 0 radical (unpaired) electrons. The topological polar surface area (TPSA) is 29.9 Å². The van der Waals surface area contributed by atoms with Gasteiger partial charge in [0.25, 0.3) is 0 Å². The van der Waals surface area contributed by atoms with Gasteiger partial charge in [-0.3, -0.25) is 0 Å². The minimum atomic E-state index is -2.15. The third kappa shape index (κ3) is 2.43. The van der Waals surface area contributed by atoms with E-state index in [1.165, 1.54) is 0 Å². The molecule has 28 heavy (non-hydrogen) atoms. The summed E-state index contributed by atoms with van der Waals surface area (Å²) in [6.45, 7) is 3.79. The molecule has 3 aromatic heterocycles. The SMILES string of the molecule is [2H]C([2H])([2H])c1c[n+](C)c(-c2c(C)ccc3c2oc2nc4cc(C)ccc4cc23)cc1C. The van der Waals surface area contributed by atoms with E-state index in [4.69, 9.17) is 13.5 Å². The maximum Gasteiger partial charge on any atom is 0.227 e. The molecule has 138 valence electrons. The van der Waals surface area contributed by atoms with Crippen molar-refractivity contribution in [1.82, 2.24) is 4.98 Å². The highest BCUT2D eigenvalue weighted by Crippen LogP contribution is 2.37. The smallest absolute Gasteiger partial charge is 0.227 e. The monoisotopic (exact) mass is 370 g/mol. The lowest BCUT2D eigenvalue weighted by Crippen LogP contribution is -2.31. The van der Waals surface area contributed by atoms with E-state index in [0.717, 1.165) is 55.2 Å². The summed E-state index contributed by atoms with van der Waals surface area (Å²) in [7, 11) is 1.88. The molecule has 0 aliphatic rings. The lowest BCUT2D eigenvalue weighted by atomic mass is 9.99. The third-order valence-electron chi connectivity index (χ3n) is 5.53. The first-order valence-corrected chi connectivity index (χ1v) is 9.38. The molecular formula is C25H23N2O+. The van der Waals surface area contributed by atoms with Crippen LogP contribution in [0.1, 0.15) is 26.4 Å². The Balaban J connectivity index is 1.83. The Morgan fingerprint density at radius 1 is 0.929 bits per heavy atom. The average Bonchev–Trinajstić information content (AvgIpc) is 3.04. The van der Waals surface area contributed by atoms with Gasteiger partial charge in [-0.05, 0) is 56.4 Å². The van der Waals surface area contributed by atoms with Gasteiger partial charge >= 0.3 is 0 Å². The highest BCUT2D eigenvalue weighted by molar-refractivity contribution is 6.11. The predicted molar refractivity (Wildman–Crippen MR) is 115 cm³/mol. The molecule has 2 aromatic carbocycles. The summed E-state index contributed by atoms with van der Waals surface area (Å²) >= 11 is 0. The molecule has 5 aromatic rings. The van der Waals surface area contributed by atoms with Crippen LogP contribution in [-0.4, -0.2) is 4.98 Å². The van der Waals surface area contributed by atoms with Gasteiger partial charge in [0.05, 0.1) is 11.1 Å². The van der Waals surface area contributed by atoms with E-state index in [1.54, 1.807) is 6.20 Å². The van der Waals surface area contributed by atoms with Gasteiger partial charge in [0.1, 0.15) is 7.05 Å². The van der Waals surface area contributed by atoms with Crippen molar-refractivity contribution in [2.24, 2.45) is 7.05 Å². The molecule has 0 fully saturated rings. The Bertz CT molecular complexity index is 1510. The van der Waals surface area contributed by atoms with Crippen LogP contribution in [0.2, 0.25) is 0 Å². The molecule has 3 heterocycles. The lowest BCUT2D eigenvalue weighted by Gasteiger charge is -2.07. The van der Waals surface area contributed by atoms with E-state index in [9.17, 15) is 0 Å². The van der Waals surface area contributed by atoms with Crippen molar-refractivity contribution >= 4 is 33.0 Å². The number of benzene rings is 2. The molecule has 0 unspecified atom stereocenters. The Morgan fingerprint density at radius 3 is 2.61 bits per heavy atom. The number of hydrogen-bond acceptors (Lipinski definition) is 2. The van der Waals surface area contributed by atoms with Crippen LogP contribution in [0.3, 0.4) is 0 Å². The maximum atomic E-state index is 7.81. The van der Waals surface area contributed by atoms with Gasteiger partial charge in [0.2, 0.25) is 11.4 Å². The molecule has 0 aliphatic heterocycles. The summed E-state index contributed by atoms with van der Waals surface area (Å²) in [6, 6.07) is 14.5. The number of nitrogens with zero attached hydrogens (tertiary/aromatic N) is 2. The van der Waals surface area contributed by atoms with E-state index >= 15 is 0 Å². The Hall–Kier alpha value is -3.20. The van der Waals surface area contributed by atoms with Crippen LogP contribution >= 0.6 is 0 Å². The van der Waals surface area contributed by atoms with Gasteiger partial charge in [-0.1, -0.05) is 24.3 Å². The van der Waals surface area contributed by atoms with Gasteiger partial charge in [-0.2, -0.15) is 0 Å². The van der Waals surface area contributed by atoms with Gasteiger partial charge in [-0.15, -0.1) is 0 Å². The van der Waals surface area contributed by atoms with E-state index < -0.39 is 6.85 Å². The third-order valence-corrected chi connectivity index (χ3v) is 5.53. The largest absolute Gasteiger partial charge is 0.437 e. The second-order valence-corrected chi connectivity index (χ2v) is 7.64. The first-order chi connectivity index (χ1) is 14.6. The molecule has 0 amide bonds. The average molecular weight is 370 g/mol. The number of pyridine rings is 2. The quantitative estimate of drug-likeness (QED) is 0.346. The Labute approximate surface area is 168 Å². The van der Waals surface area contributed by atoms with Gasteiger partial charge < -0.3 is 4.42 Å². The van der Waals surface area contributed by atoms with Crippen molar-refractivity contribution in [3.05, 3.63) is 70.9 Å².